The van der Waals surface area contributed by atoms with Gasteiger partial charge in [0.15, 0.2) is 0 Å². The monoisotopic (exact) mass is 271 g/mol. The van der Waals surface area contributed by atoms with Crippen LogP contribution >= 0.6 is 15.9 Å². The van der Waals surface area contributed by atoms with Crippen LogP contribution in [-0.4, -0.2) is 19.8 Å². The summed E-state index contributed by atoms with van der Waals surface area (Å²) in [4.78, 5) is 0. The Hall–Kier alpha value is -0.540. The summed E-state index contributed by atoms with van der Waals surface area (Å²) in [6.45, 7) is 5.04. The summed E-state index contributed by atoms with van der Waals surface area (Å²) in [6, 6.07) is 6.73. The maximum atomic E-state index is 5.05. The maximum Gasteiger partial charge on any atom is 0.0489 e. The predicted octanol–water partition coefficient (Wildman–Crippen LogP) is 3.59. The highest BCUT2D eigenvalue weighted by Crippen LogP contribution is 2.24. The number of ether oxygens (including phenoxy) is 1. The minimum Gasteiger partial charge on any atom is -0.385 e. The lowest BCUT2D eigenvalue weighted by molar-refractivity contribution is 0.191. The van der Waals surface area contributed by atoms with Gasteiger partial charge in [0.25, 0.3) is 0 Å². The first-order chi connectivity index (χ1) is 7.13. The molecule has 0 amide bonds. The van der Waals surface area contributed by atoms with Gasteiger partial charge in [-0.05, 0) is 53.9 Å². The van der Waals surface area contributed by atoms with Gasteiger partial charge in [-0.3, -0.25) is 0 Å². The van der Waals surface area contributed by atoms with Crippen LogP contribution in [0, 0.1) is 6.92 Å². The van der Waals surface area contributed by atoms with Crippen LogP contribution in [0.25, 0.3) is 0 Å². The van der Waals surface area contributed by atoms with Crippen molar-refractivity contribution in [2.24, 2.45) is 0 Å². The molecule has 0 saturated carbocycles. The number of halogens is 1. The Morgan fingerprint density at radius 2 is 2.20 bits per heavy atom. The minimum atomic E-state index is 0.419. The summed E-state index contributed by atoms with van der Waals surface area (Å²) in [5.41, 5.74) is 2.42. The first kappa shape index (κ1) is 12.5. The molecule has 1 aromatic carbocycles. The second-order valence-corrected chi connectivity index (χ2v) is 4.66. The van der Waals surface area contributed by atoms with Crippen LogP contribution in [0.2, 0.25) is 0 Å². The molecule has 1 aromatic rings. The topological polar surface area (TPSA) is 21.3 Å². The molecular formula is C12H18BrNO. The van der Waals surface area contributed by atoms with E-state index in [2.05, 4.69) is 53.3 Å². The zero-order chi connectivity index (χ0) is 11.3. The van der Waals surface area contributed by atoms with Gasteiger partial charge >= 0.3 is 0 Å². The van der Waals surface area contributed by atoms with E-state index in [1.807, 2.05) is 0 Å². The highest BCUT2D eigenvalue weighted by Gasteiger charge is 2.04. The molecule has 1 unspecified atom stereocenters. The van der Waals surface area contributed by atoms with E-state index in [1.54, 1.807) is 7.11 Å². The van der Waals surface area contributed by atoms with Crippen molar-refractivity contribution < 1.29 is 4.74 Å². The van der Waals surface area contributed by atoms with Gasteiger partial charge in [-0.15, -0.1) is 0 Å². The number of aryl methyl sites for hydroxylation is 1. The Kier molecular flexibility index (Phi) is 5.12. The molecule has 0 aliphatic carbocycles. The summed E-state index contributed by atoms with van der Waals surface area (Å²) in [5.74, 6) is 0. The largest absolute Gasteiger partial charge is 0.385 e. The van der Waals surface area contributed by atoms with Gasteiger partial charge in [0.1, 0.15) is 0 Å². The summed E-state index contributed by atoms with van der Waals surface area (Å²) in [5, 5.41) is 3.46. The molecule has 0 fully saturated rings. The zero-order valence-corrected chi connectivity index (χ0v) is 11.1. The third-order valence-corrected chi connectivity index (χ3v) is 2.97. The van der Waals surface area contributed by atoms with E-state index < -0.39 is 0 Å². The number of methoxy groups -OCH3 is 1. The van der Waals surface area contributed by atoms with Gasteiger partial charge in [0.2, 0.25) is 0 Å². The summed E-state index contributed by atoms with van der Waals surface area (Å²) in [7, 11) is 1.73. The molecule has 0 bridgehead atoms. The number of benzene rings is 1. The SMILES string of the molecule is COCCC(C)Nc1cc(C)ccc1Br. The first-order valence-corrected chi connectivity index (χ1v) is 5.94. The van der Waals surface area contributed by atoms with Crippen LogP contribution in [0.3, 0.4) is 0 Å². The fourth-order valence-corrected chi connectivity index (χ4v) is 1.74. The van der Waals surface area contributed by atoms with Crippen LogP contribution in [0.1, 0.15) is 18.9 Å². The second-order valence-electron chi connectivity index (χ2n) is 3.81. The Morgan fingerprint density at radius 3 is 2.87 bits per heavy atom. The molecule has 0 heterocycles. The Labute approximate surface area is 100 Å². The molecule has 0 spiro atoms. The maximum absolute atomic E-state index is 5.05. The van der Waals surface area contributed by atoms with E-state index in [1.165, 1.54) is 5.56 Å². The Balaban J connectivity index is 2.59. The average Bonchev–Trinajstić information content (AvgIpc) is 2.20. The molecule has 84 valence electrons. The summed E-state index contributed by atoms with van der Waals surface area (Å²) < 4.78 is 6.16. The summed E-state index contributed by atoms with van der Waals surface area (Å²) in [6.07, 6.45) is 1.01. The second kappa shape index (κ2) is 6.13. The molecule has 0 aliphatic heterocycles. The van der Waals surface area contributed by atoms with Gasteiger partial charge in [0, 0.05) is 29.9 Å². The lowest BCUT2D eigenvalue weighted by Gasteiger charge is -2.16. The highest BCUT2D eigenvalue weighted by molar-refractivity contribution is 9.10. The van der Waals surface area contributed by atoms with Gasteiger partial charge in [-0.1, -0.05) is 6.07 Å². The van der Waals surface area contributed by atoms with Gasteiger partial charge in [-0.25, -0.2) is 0 Å². The summed E-state index contributed by atoms with van der Waals surface area (Å²) >= 11 is 3.53. The van der Waals surface area contributed by atoms with Crippen molar-refractivity contribution in [2.75, 3.05) is 19.0 Å². The number of rotatable bonds is 5. The number of hydrogen-bond donors (Lipinski definition) is 1. The van der Waals surface area contributed by atoms with Gasteiger partial charge in [0.05, 0.1) is 0 Å². The van der Waals surface area contributed by atoms with Crippen LogP contribution in [-0.2, 0) is 4.74 Å². The number of anilines is 1. The van der Waals surface area contributed by atoms with Crippen LogP contribution in [0.15, 0.2) is 22.7 Å². The van der Waals surface area contributed by atoms with E-state index in [-0.39, 0.29) is 0 Å². The average molecular weight is 272 g/mol. The lowest BCUT2D eigenvalue weighted by atomic mass is 10.2. The van der Waals surface area contributed by atoms with Crippen molar-refractivity contribution in [2.45, 2.75) is 26.3 Å². The third-order valence-electron chi connectivity index (χ3n) is 2.28. The quantitative estimate of drug-likeness (QED) is 0.884. The molecule has 0 aliphatic rings. The van der Waals surface area contributed by atoms with Crippen molar-refractivity contribution in [1.82, 2.24) is 0 Å². The Morgan fingerprint density at radius 1 is 1.47 bits per heavy atom. The zero-order valence-electron chi connectivity index (χ0n) is 9.51. The van der Waals surface area contributed by atoms with Crippen molar-refractivity contribution in [3.05, 3.63) is 28.2 Å². The van der Waals surface area contributed by atoms with E-state index in [0.29, 0.717) is 6.04 Å². The molecule has 2 nitrogen and oxygen atoms in total. The minimum absolute atomic E-state index is 0.419. The van der Waals surface area contributed by atoms with E-state index in [4.69, 9.17) is 4.74 Å². The van der Waals surface area contributed by atoms with Gasteiger partial charge < -0.3 is 10.1 Å². The van der Waals surface area contributed by atoms with Crippen LogP contribution in [0.4, 0.5) is 5.69 Å². The lowest BCUT2D eigenvalue weighted by Crippen LogP contribution is -2.17. The predicted molar refractivity (Wildman–Crippen MR) is 68.5 cm³/mol. The first-order valence-electron chi connectivity index (χ1n) is 5.15. The number of hydrogen-bond acceptors (Lipinski definition) is 2. The fraction of sp³-hybridized carbons (Fsp3) is 0.500. The molecular weight excluding hydrogens is 254 g/mol. The molecule has 0 saturated heterocycles. The third kappa shape index (κ3) is 4.22. The van der Waals surface area contributed by atoms with Crippen molar-refractivity contribution >= 4 is 21.6 Å². The van der Waals surface area contributed by atoms with Gasteiger partial charge in [-0.2, -0.15) is 0 Å². The number of nitrogens with one attached hydrogen (secondary N) is 1. The molecule has 0 aromatic heterocycles. The molecule has 1 N–H and O–H groups in total. The normalized spacial score (nSPS) is 12.5. The van der Waals surface area contributed by atoms with Crippen molar-refractivity contribution in [3.63, 3.8) is 0 Å². The van der Waals surface area contributed by atoms with Crippen LogP contribution in [0.5, 0.6) is 0 Å². The molecule has 3 heteroatoms. The van der Waals surface area contributed by atoms with E-state index >= 15 is 0 Å². The molecule has 1 atom stereocenters. The molecule has 0 radical (unpaired) electrons. The van der Waals surface area contributed by atoms with E-state index in [0.717, 1.165) is 23.2 Å². The highest BCUT2D eigenvalue weighted by atomic mass is 79.9. The fourth-order valence-electron chi connectivity index (χ4n) is 1.38. The molecule has 1 rings (SSSR count). The molecule has 15 heavy (non-hydrogen) atoms. The van der Waals surface area contributed by atoms with Crippen molar-refractivity contribution in [3.8, 4) is 0 Å². The van der Waals surface area contributed by atoms with Crippen molar-refractivity contribution in [1.29, 1.82) is 0 Å². The van der Waals surface area contributed by atoms with Crippen LogP contribution < -0.4 is 5.32 Å². The standard InChI is InChI=1S/C12H18BrNO/c1-9-4-5-11(13)12(8-9)14-10(2)6-7-15-3/h4-5,8,10,14H,6-7H2,1-3H3. The van der Waals surface area contributed by atoms with E-state index in [9.17, 15) is 0 Å². The Bertz CT molecular complexity index is 314. The smallest absolute Gasteiger partial charge is 0.0489 e.